The van der Waals surface area contributed by atoms with Gasteiger partial charge in [0.2, 0.25) is 11.6 Å². The van der Waals surface area contributed by atoms with Crippen LogP contribution >= 0.6 is 0 Å². The van der Waals surface area contributed by atoms with Crippen LogP contribution in [-0.4, -0.2) is 74.4 Å². The topological polar surface area (TPSA) is 204 Å². The molecule has 2 atom stereocenters. The Morgan fingerprint density at radius 2 is 0.939 bits per heavy atom. The molecule has 0 aliphatic rings. The van der Waals surface area contributed by atoms with E-state index in [1.807, 2.05) is 0 Å². The fourth-order valence-electron chi connectivity index (χ4n) is 2.88. The maximum absolute atomic E-state index is 12.9. The SMILES string of the molecule is CS(=O)(=O)O.Cc1ccccc1C(=O)C(O)(C(=O)O)C(O)(C(=O)O)C(=O)c1ccccc1C. The third kappa shape index (κ3) is 5.68. The van der Waals surface area contributed by atoms with Crippen LogP contribution in [0.4, 0.5) is 0 Å². The second-order valence-electron chi connectivity index (χ2n) is 7.05. The van der Waals surface area contributed by atoms with Crippen molar-refractivity contribution in [3.05, 3.63) is 70.8 Å². The minimum absolute atomic E-state index is 0.225. The summed E-state index contributed by atoms with van der Waals surface area (Å²) in [5.74, 6) is -7.98. The molecule has 0 aromatic heterocycles. The molecule has 0 amide bonds. The number of rotatable bonds is 7. The molecule has 2 rings (SSSR count). The molecule has 0 radical (unpaired) electrons. The molecule has 0 bridgehead atoms. The van der Waals surface area contributed by atoms with Crippen LogP contribution in [0.2, 0.25) is 0 Å². The number of hydrogen-bond acceptors (Lipinski definition) is 8. The first kappa shape index (κ1) is 27.6. The number of aliphatic hydroxyl groups is 2. The van der Waals surface area contributed by atoms with Crippen LogP contribution in [0.15, 0.2) is 48.5 Å². The van der Waals surface area contributed by atoms with Gasteiger partial charge in [0.1, 0.15) is 0 Å². The summed E-state index contributed by atoms with van der Waals surface area (Å²) in [6.45, 7) is 2.86. The fraction of sp³-hybridized carbons (Fsp3) is 0.238. The van der Waals surface area contributed by atoms with Gasteiger partial charge >= 0.3 is 11.9 Å². The van der Waals surface area contributed by atoms with E-state index in [0.29, 0.717) is 6.26 Å². The Bertz CT molecular complexity index is 1110. The number of benzene rings is 2. The standard InChI is InChI=1S/C20H18O8.CH4O3S/c1-11-7-3-5-9-13(11)15(21)19(27,17(23)24)20(28,18(25)26)16(22)14-10-6-4-8-12(14)2;1-5(2,3)4/h3-10,27-28H,1-2H3,(H,23,24)(H,25,26);1H3,(H,2,3,4). The molecular weight excluding hydrogens is 460 g/mol. The second-order valence-corrected chi connectivity index (χ2v) is 8.52. The molecule has 0 fully saturated rings. The van der Waals surface area contributed by atoms with Crippen molar-refractivity contribution in [2.24, 2.45) is 0 Å². The van der Waals surface area contributed by atoms with Gasteiger partial charge in [-0.2, -0.15) is 8.42 Å². The summed E-state index contributed by atoms with van der Waals surface area (Å²) in [6, 6.07) is 11.0. The third-order valence-electron chi connectivity index (χ3n) is 4.58. The van der Waals surface area contributed by atoms with E-state index in [4.69, 9.17) is 4.55 Å². The molecule has 33 heavy (non-hydrogen) atoms. The van der Waals surface area contributed by atoms with Crippen molar-refractivity contribution in [2.45, 2.75) is 25.0 Å². The number of aliphatic carboxylic acids is 2. The van der Waals surface area contributed by atoms with Gasteiger partial charge in [0, 0.05) is 11.1 Å². The normalized spacial score (nSPS) is 14.6. The molecule has 0 aliphatic heterocycles. The number of Topliss-reactive ketones (excluding diaryl/α,β-unsaturated/α-hetero) is 2. The van der Waals surface area contributed by atoms with Gasteiger partial charge in [-0.3, -0.25) is 14.1 Å². The summed E-state index contributed by atoms with van der Waals surface area (Å²) in [7, 11) is -3.67. The first-order valence-electron chi connectivity index (χ1n) is 9.04. The Balaban J connectivity index is 0.000000981. The average molecular weight is 482 g/mol. The third-order valence-corrected chi connectivity index (χ3v) is 4.58. The van der Waals surface area contributed by atoms with Crippen LogP contribution in [0.3, 0.4) is 0 Å². The Morgan fingerprint density at radius 1 is 0.697 bits per heavy atom. The van der Waals surface area contributed by atoms with Crippen LogP contribution < -0.4 is 0 Å². The lowest BCUT2D eigenvalue weighted by atomic mass is 9.72. The number of carbonyl (C=O) groups excluding carboxylic acids is 2. The number of carboxylic acid groups (broad SMARTS) is 2. The minimum Gasteiger partial charge on any atom is -0.479 e. The summed E-state index contributed by atoms with van der Waals surface area (Å²) >= 11 is 0. The summed E-state index contributed by atoms with van der Waals surface area (Å²) < 4.78 is 25.9. The van der Waals surface area contributed by atoms with E-state index in [-0.39, 0.29) is 22.3 Å². The summed E-state index contributed by atoms with van der Waals surface area (Å²) in [5.41, 5.74) is -8.17. The number of carbonyl (C=O) groups is 4. The molecule has 178 valence electrons. The summed E-state index contributed by atoms with van der Waals surface area (Å²) in [6.07, 6.45) is 0.715. The van der Waals surface area contributed by atoms with Crippen LogP contribution in [0.1, 0.15) is 31.8 Å². The molecule has 12 heteroatoms. The highest BCUT2D eigenvalue weighted by Gasteiger charge is 2.70. The number of ketones is 2. The van der Waals surface area contributed by atoms with Gasteiger partial charge in [-0.05, 0) is 25.0 Å². The maximum atomic E-state index is 12.9. The highest BCUT2D eigenvalue weighted by atomic mass is 32.2. The maximum Gasteiger partial charge on any atom is 0.348 e. The Morgan fingerprint density at radius 3 is 1.15 bits per heavy atom. The zero-order chi connectivity index (χ0) is 25.8. The molecule has 0 spiro atoms. The molecule has 0 saturated carbocycles. The van der Waals surface area contributed by atoms with Gasteiger partial charge in [-0.1, -0.05) is 48.5 Å². The number of hydrogen-bond donors (Lipinski definition) is 5. The highest BCUT2D eigenvalue weighted by molar-refractivity contribution is 7.85. The van der Waals surface area contributed by atoms with Crippen molar-refractivity contribution in [1.82, 2.24) is 0 Å². The van der Waals surface area contributed by atoms with Crippen molar-refractivity contribution < 1.29 is 52.6 Å². The molecule has 5 N–H and O–H groups in total. The van der Waals surface area contributed by atoms with Crippen molar-refractivity contribution in [1.29, 1.82) is 0 Å². The van der Waals surface area contributed by atoms with Gasteiger partial charge in [0.15, 0.2) is 0 Å². The Labute approximate surface area is 188 Å². The molecule has 2 unspecified atom stereocenters. The largest absolute Gasteiger partial charge is 0.479 e. The van der Waals surface area contributed by atoms with Crippen LogP contribution in [0.25, 0.3) is 0 Å². The van der Waals surface area contributed by atoms with Gasteiger partial charge in [0.25, 0.3) is 21.3 Å². The first-order valence-corrected chi connectivity index (χ1v) is 10.9. The minimum atomic E-state index is -3.97. The summed E-state index contributed by atoms with van der Waals surface area (Å²) in [4.78, 5) is 49.5. The monoisotopic (exact) mass is 482 g/mol. The van der Waals surface area contributed by atoms with E-state index in [1.165, 1.54) is 50.2 Å². The predicted octanol–water partition coefficient (Wildman–Crippen LogP) is 0.504. The zero-order valence-electron chi connectivity index (χ0n) is 17.7. The van der Waals surface area contributed by atoms with E-state index >= 15 is 0 Å². The number of carboxylic acids is 2. The Kier molecular flexibility index (Phi) is 8.36. The fourth-order valence-corrected chi connectivity index (χ4v) is 2.88. The molecule has 0 saturated heterocycles. The van der Waals surface area contributed by atoms with Gasteiger partial charge in [-0.15, -0.1) is 0 Å². The molecule has 2 aromatic carbocycles. The first-order chi connectivity index (χ1) is 15.0. The molecular formula is C21H22O11S. The average Bonchev–Trinajstić information content (AvgIpc) is 2.70. The van der Waals surface area contributed by atoms with Crippen LogP contribution in [0.5, 0.6) is 0 Å². The van der Waals surface area contributed by atoms with Crippen LogP contribution in [-0.2, 0) is 19.7 Å². The van der Waals surface area contributed by atoms with Gasteiger partial charge in [0.05, 0.1) is 6.26 Å². The zero-order valence-corrected chi connectivity index (χ0v) is 18.5. The molecule has 11 nitrogen and oxygen atoms in total. The smallest absolute Gasteiger partial charge is 0.348 e. The lowest BCUT2D eigenvalue weighted by Gasteiger charge is -2.35. The lowest BCUT2D eigenvalue weighted by Crippen LogP contribution is -2.71. The highest BCUT2D eigenvalue weighted by Crippen LogP contribution is 2.33. The quantitative estimate of drug-likeness (QED) is 0.209. The van der Waals surface area contributed by atoms with E-state index in [2.05, 4.69) is 0 Å². The van der Waals surface area contributed by atoms with E-state index in [0.717, 1.165) is 12.1 Å². The second kappa shape index (κ2) is 10.0. The predicted molar refractivity (Wildman–Crippen MR) is 114 cm³/mol. The molecule has 0 heterocycles. The van der Waals surface area contributed by atoms with Crippen molar-refractivity contribution >= 4 is 33.6 Å². The van der Waals surface area contributed by atoms with Crippen molar-refractivity contribution in [3.8, 4) is 0 Å². The molecule has 0 aliphatic carbocycles. The number of aryl methyl sites for hydroxylation is 2. The van der Waals surface area contributed by atoms with Gasteiger partial charge < -0.3 is 20.4 Å². The van der Waals surface area contributed by atoms with E-state index < -0.39 is 44.8 Å². The molecule has 2 aromatic rings. The Hall–Kier alpha value is -3.45. The van der Waals surface area contributed by atoms with E-state index in [1.54, 1.807) is 0 Å². The van der Waals surface area contributed by atoms with Crippen molar-refractivity contribution in [2.75, 3.05) is 6.26 Å². The summed E-state index contributed by atoms with van der Waals surface area (Å²) in [5, 5.41) is 40.6. The van der Waals surface area contributed by atoms with Crippen molar-refractivity contribution in [3.63, 3.8) is 0 Å². The van der Waals surface area contributed by atoms with E-state index in [9.17, 15) is 48.0 Å². The van der Waals surface area contributed by atoms with Crippen LogP contribution in [0, 0.1) is 13.8 Å². The van der Waals surface area contributed by atoms with Gasteiger partial charge in [-0.25, -0.2) is 9.59 Å². The lowest BCUT2D eigenvalue weighted by molar-refractivity contribution is -0.187.